The number of rotatable bonds is 6. The van der Waals surface area contributed by atoms with Gasteiger partial charge in [-0.05, 0) is 36.8 Å². The molecule has 7 nitrogen and oxygen atoms in total. The number of ether oxygens (including phenoxy) is 1. The molecule has 0 aromatic heterocycles. The summed E-state index contributed by atoms with van der Waals surface area (Å²) >= 11 is 0. The molecule has 8 heteroatoms. The molecule has 2 aromatic carbocycles. The number of nitro groups is 1. The lowest BCUT2D eigenvalue weighted by Gasteiger charge is -2.35. The fraction of sp³-hybridized carbons (Fsp3) is 0.350. The third kappa shape index (κ3) is 4.71. The third-order valence-electron chi connectivity index (χ3n) is 4.83. The van der Waals surface area contributed by atoms with E-state index in [-0.39, 0.29) is 23.5 Å². The van der Waals surface area contributed by atoms with E-state index in [1.54, 1.807) is 13.0 Å². The Bertz CT molecular complexity index is 868. The number of nitrogens with zero attached hydrogens (tertiary/aromatic N) is 2. The van der Waals surface area contributed by atoms with Gasteiger partial charge in [-0.3, -0.25) is 19.8 Å². The summed E-state index contributed by atoms with van der Waals surface area (Å²) in [4.78, 5) is 25.2. The normalized spacial score (nSPS) is 15.8. The molecule has 0 bridgehead atoms. The van der Waals surface area contributed by atoms with E-state index in [2.05, 4.69) is 10.2 Å². The number of benzene rings is 2. The summed E-state index contributed by atoms with van der Waals surface area (Å²) in [5, 5.41) is 13.8. The second kappa shape index (κ2) is 8.90. The first-order valence-electron chi connectivity index (χ1n) is 9.06. The van der Waals surface area contributed by atoms with Crippen molar-refractivity contribution >= 4 is 11.6 Å². The molecule has 1 unspecified atom stereocenters. The molecule has 0 radical (unpaired) electrons. The van der Waals surface area contributed by atoms with Gasteiger partial charge in [0.05, 0.1) is 24.2 Å². The van der Waals surface area contributed by atoms with Crippen LogP contribution in [0.3, 0.4) is 0 Å². The van der Waals surface area contributed by atoms with Gasteiger partial charge in [-0.15, -0.1) is 0 Å². The van der Waals surface area contributed by atoms with Gasteiger partial charge in [-0.25, -0.2) is 4.39 Å². The lowest BCUT2D eigenvalue weighted by atomic mass is 10.0. The Hall–Kier alpha value is -2.84. The highest BCUT2D eigenvalue weighted by molar-refractivity contribution is 5.94. The molecule has 1 aliphatic heterocycles. The minimum atomic E-state index is -0.477. The topological polar surface area (TPSA) is 84.7 Å². The van der Waals surface area contributed by atoms with Gasteiger partial charge in [0.1, 0.15) is 5.82 Å². The summed E-state index contributed by atoms with van der Waals surface area (Å²) in [7, 11) is 0. The van der Waals surface area contributed by atoms with E-state index in [4.69, 9.17) is 4.74 Å². The van der Waals surface area contributed by atoms with Crippen LogP contribution in [0.2, 0.25) is 0 Å². The average molecular weight is 387 g/mol. The largest absolute Gasteiger partial charge is 0.379 e. The highest BCUT2D eigenvalue weighted by atomic mass is 19.1. The minimum absolute atomic E-state index is 0.0255. The zero-order chi connectivity index (χ0) is 20.1. The molecular formula is C20H22FN3O4. The van der Waals surface area contributed by atoms with Crippen LogP contribution in [0.25, 0.3) is 0 Å². The molecule has 28 heavy (non-hydrogen) atoms. The first-order valence-corrected chi connectivity index (χ1v) is 9.06. The zero-order valence-electron chi connectivity index (χ0n) is 15.6. The van der Waals surface area contributed by atoms with Crippen molar-refractivity contribution in [3.8, 4) is 0 Å². The van der Waals surface area contributed by atoms with Crippen LogP contribution in [0.4, 0.5) is 10.1 Å². The number of hydrogen-bond acceptors (Lipinski definition) is 5. The Morgan fingerprint density at radius 1 is 1.29 bits per heavy atom. The molecular weight excluding hydrogens is 365 g/mol. The maximum absolute atomic E-state index is 13.7. The highest BCUT2D eigenvalue weighted by Gasteiger charge is 2.24. The number of aryl methyl sites for hydroxylation is 1. The lowest BCUT2D eigenvalue weighted by molar-refractivity contribution is -0.385. The molecule has 148 valence electrons. The molecule has 1 N–H and O–H groups in total. The number of amides is 1. The molecule has 3 rings (SSSR count). The molecule has 0 spiro atoms. The zero-order valence-corrected chi connectivity index (χ0v) is 15.6. The lowest BCUT2D eigenvalue weighted by Crippen LogP contribution is -2.43. The van der Waals surface area contributed by atoms with E-state index in [1.807, 2.05) is 6.07 Å². The quantitative estimate of drug-likeness (QED) is 0.609. The van der Waals surface area contributed by atoms with Crippen molar-refractivity contribution in [2.75, 3.05) is 32.8 Å². The Labute approximate surface area is 162 Å². The second-order valence-electron chi connectivity index (χ2n) is 6.69. The van der Waals surface area contributed by atoms with E-state index >= 15 is 0 Å². The average Bonchev–Trinajstić information content (AvgIpc) is 2.68. The number of nitrogens with one attached hydrogen (secondary N) is 1. The summed E-state index contributed by atoms with van der Waals surface area (Å²) in [6.45, 7) is 4.43. The summed E-state index contributed by atoms with van der Waals surface area (Å²) < 4.78 is 19.1. The number of hydrogen-bond donors (Lipinski definition) is 1. The van der Waals surface area contributed by atoms with Gasteiger partial charge in [0.2, 0.25) is 0 Å². The first-order chi connectivity index (χ1) is 13.5. The first kappa shape index (κ1) is 19.9. The van der Waals surface area contributed by atoms with E-state index in [9.17, 15) is 19.3 Å². The number of halogens is 1. The van der Waals surface area contributed by atoms with Gasteiger partial charge in [-0.1, -0.05) is 12.1 Å². The molecule has 2 aromatic rings. The van der Waals surface area contributed by atoms with E-state index in [1.165, 1.54) is 30.3 Å². The van der Waals surface area contributed by atoms with Crippen LogP contribution >= 0.6 is 0 Å². The smallest absolute Gasteiger partial charge is 0.272 e. The predicted octanol–water partition coefficient (Wildman–Crippen LogP) is 2.85. The van der Waals surface area contributed by atoms with Crippen molar-refractivity contribution in [2.45, 2.75) is 13.0 Å². The summed E-state index contributed by atoms with van der Waals surface area (Å²) in [6, 6.07) is 10.4. The van der Waals surface area contributed by atoms with Gasteiger partial charge in [0, 0.05) is 36.8 Å². The van der Waals surface area contributed by atoms with Crippen molar-refractivity contribution in [3.05, 3.63) is 75.1 Å². The molecule has 0 saturated carbocycles. The standard InChI is InChI=1S/C20H22FN3O4/c1-14-11-16(5-6-18(14)24(26)27)20(25)22-13-19(23-7-9-28-10-8-23)15-3-2-4-17(21)12-15/h2-6,11-12,19H,7-10,13H2,1H3,(H,22,25). The molecule has 0 aliphatic carbocycles. The van der Waals surface area contributed by atoms with E-state index in [0.29, 0.717) is 44.0 Å². The van der Waals surface area contributed by atoms with Gasteiger partial charge >= 0.3 is 0 Å². The summed E-state index contributed by atoms with van der Waals surface area (Å²) in [6.07, 6.45) is 0. The van der Waals surface area contributed by atoms with Crippen LogP contribution in [0.15, 0.2) is 42.5 Å². The third-order valence-corrected chi connectivity index (χ3v) is 4.83. The van der Waals surface area contributed by atoms with E-state index in [0.717, 1.165) is 5.56 Å². The molecule has 1 heterocycles. The van der Waals surface area contributed by atoms with Crippen molar-refractivity contribution in [3.63, 3.8) is 0 Å². The molecule has 1 amide bonds. The maximum Gasteiger partial charge on any atom is 0.272 e. The number of nitro benzene ring substituents is 1. The van der Waals surface area contributed by atoms with Gasteiger partial charge in [0.25, 0.3) is 11.6 Å². The fourth-order valence-electron chi connectivity index (χ4n) is 3.35. The van der Waals surface area contributed by atoms with Crippen molar-refractivity contribution < 1.29 is 18.8 Å². The van der Waals surface area contributed by atoms with E-state index < -0.39 is 4.92 Å². The summed E-state index contributed by atoms with van der Waals surface area (Å²) in [5.41, 5.74) is 1.53. The van der Waals surface area contributed by atoms with Crippen LogP contribution in [-0.2, 0) is 4.74 Å². The Balaban J connectivity index is 1.75. The number of carbonyl (C=O) groups is 1. The Kier molecular flexibility index (Phi) is 6.33. The van der Waals surface area contributed by atoms with Crippen LogP contribution in [0.5, 0.6) is 0 Å². The van der Waals surface area contributed by atoms with Gasteiger partial charge < -0.3 is 10.1 Å². The van der Waals surface area contributed by atoms with Gasteiger partial charge in [-0.2, -0.15) is 0 Å². The van der Waals surface area contributed by atoms with Gasteiger partial charge in [0.15, 0.2) is 0 Å². The summed E-state index contributed by atoms with van der Waals surface area (Å²) in [5.74, 6) is -0.652. The van der Waals surface area contributed by atoms with Crippen LogP contribution in [0.1, 0.15) is 27.5 Å². The van der Waals surface area contributed by atoms with Crippen molar-refractivity contribution in [1.29, 1.82) is 0 Å². The fourth-order valence-corrected chi connectivity index (χ4v) is 3.35. The monoisotopic (exact) mass is 387 g/mol. The molecule has 1 atom stereocenters. The van der Waals surface area contributed by atoms with Crippen LogP contribution in [-0.4, -0.2) is 48.6 Å². The molecule has 1 saturated heterocycles. The Morgan fingerprint density at radius 3 is 2.68 bits per heavy atom. The number of morpholine rings is 1. The van der Waals surface area contributed by atoms with Crippen LogP contribution < -0.4 is 5.32 Å². The highest BCUT2D eigenvalue weighted by Crippen LogP contribution is 2.23. The predicted molar refractivity (Wildman–Crippen MR) is 102 cm³/mol. The maximum atomic E-state index is 13.7. The SMILES string of the molecule is Cc1cc(C(=O)NCC(c2cccc(F)c2)N2CCOCC2)ccc1[N+](=O)[O-]. The molecule has 1 fully saturated rings. The molecule has 1 aliphatic rings. The van der Waals surface area contributed by atoms with Crippen molar-refractivity contribution in [2.24, 2.45) is 0 Å². The Morgan fingerprint density at radius 2 is 2.04 bits per heavy atom. The van der Waals surface area contributed by atoms with Crippen LogP contribution in [0, 0.1) is 22.9 Å². The number of carbonyl (C=O) groups excluding carboxylic acids is 1. The van der Waals surface area contributed by atoms with Crippen molar-refractivity contribution in [1.82, 2.24) is 10.2 Å². The second-order valence-corrected chi connectivity index (χ2v) is 6.69. The minimum Gasteiger partial charge on any atom is -0.379 e.